The highest BCUT2D eigenvalue weighted by molar-refractivity contribution is 7.18. The number of hydrogen-bond donors (Lipinski definition) is 3. The molecule has 2 amide bonds. The summed E-state index contributed by atoms with van der Waals surface area (Å²) >= 11 is 1.39. The lowest BCUT2D eigenvalue weighted by molar-refractivity contribution is -0.137. The third-order valence-electron chi connectivity index (χ3n) is 7.27. The van der Waals surface area contributed by atoms with Crippen molar-refractivity contribution in [3.8, 4) is 0 Å². The molecule has 1 aliphatic carbocycles. The number of fused-ring (bicyclic) bond motifs is 1. The Kier molecular flexibility index (Phi) is 7.02. The molecule has 0 atom stereocenters. The molecule has 2 aromatic heterocycles. The Hall–Kier alpha value is -4.19. The average molecular weight is 581 g/mol. The van der Waals surface area contributed by atoms with Gasteiger partial charge in [0.25, 0.3) is 11.8 Å². The molecule has 0 radical (unpaired) electrons. The second kappa shape index (κ2) is 10.7. The molecule has 0 bridgehead atoms. The van der Waals surface area contributed by atoms with E-state index in [4.69, 9.17) is 0 Å². The molecule has 0 spiro atoms. The quantitative estimate of drug-likeness (QED) is 0.225. The maximum absolute atomic E-state index is 13.9. The molecule has 4 aromatic rings. The van der Waals surface area contributed by atoms with Gasteiger partial charge in [0.05, 0.1) is 21.3 Å². The first-order chi connectivity index (χ1) is 19.7. The van der Waals surface area contributed by atoms with Gasteiger partial charge in [-0.3, -0.25) is 9.59 Å². The van der Waals surface area contributed by atoms with E-state index in [2.05, 4.69) is 25.9 Å². The van der Waals surface area contributed by atoms with Crippen molar-refractivity contribution in [2.24, 2.45) is 0 Å². The fourth-order valence-corrected chi connectivity index (χ4v) is 5.85. The topological polar surface area (TPSA) is 99.2 Å². The van der Waals surface area contributed by atoms with E-state index >= 15 is 0 Å². The number of aryl methyl sites for hydroxylation is 1. The van der Waals surface area contributed by atoms with Gasteiger partial charge in [-0.2, -0.15) is 13.2 Å². The number of alkyl halides is 3. The van der Waals surface area contributed by atoms with Crippen molar-refractivity contribution >= 4 is 56.2 Å². The van der Waals surface area contributed by atoms with Crippen molar-refractivity contribution in [3.63, 3.8) is 0 Å². The van der Waals surface area contributed by atoms with Gasteiger partial charge in [0.1, 0.15) is 12.1 Å². The Morgan fingerprint density at radius 2 is 1.78 bits per heavy atom. The molecule has 0 unspecified atom stereocenters. The van der Waals surface area contributed by atoms with Crippen LogP contribution in [0.2, 0.25) is 0 Å². The zero-order chi connectivity index (χ0) is 28.7. The second-order valence-corrected chi connectivity index (χ2v) is 11.2. The Morgan fingerprint density at radius 3 is 2.51 bits per heavy atom. The normalized spacial score (nSPS) is 15.3. The third kappa shape index (κ3) is 5.69. The predicted octanol–water partition coefficient (Wildman–Crippen LogP) is 6.70. The smallest absolute Gasteiger partial charge is 0.371 e. The van der Waals surface area contributed by atoms with Gasteiger partial charge in [0.15, 0.2) is 0 Å². The van der Waals surface area contributed by atoms with E-state index in [1.165, 1.54) is 29.8 Å². The van der Waals surface area contributed by atoms with Crippen LogP contribution in [0.15, 0.2) is 48.1 Å². The fourth-order valence-electron chi connectivity index (χ4n) is 4.90. The van der Waals surface area contributed by atoms with Gasteiger partial charge in [-0.25, -0.2) is 9.97 Å². The third-order valence-corrected chi connectivity index (χ3v) is 8.25. The Morgan fingerprint density at radius 1 is 1.00 bits per heavy atom. The summed E-state index contributed by atoms with van der Waals surface area (Å²) in [6.07, 6.45) is 0.677. The lowest BCUT2D eigenvalue weighted by Gasteiger charge is -2.23. The molecule has 1 saturated heterocycles. The molecular formula is C29H27F3N6O2S. The number of halogens is 3. The van der Waals surface area contributed by atoms with E-state index in [0.29, 0.717) is 47.4 Å². The van der Waals surface area contributed by atoms with Crippen LogP contribution in [-0.2, 0) is 6.18 Å². The summed E-state index contributed by atoms with van der Waals surface area (Å²) in [5.74, 6) is -0.336. The largest absolute Gasteiger partial charge is 0.418 e. The second-order valence-electron chi connectivity index (χ2n) is 10.3. The molecule has 6 rings (SSSR count). The van der Waals surface area contributed by atoms with Crippen molar-refractivity contribution in [2.75, 3.05) is 33.9 Å². The lowest BCUT2D eigenvalue weighted by atomic mass is 10.1. The predicted molar refractivity (Wildman–Crippen MR) is 154 cm³/mol. The number of nitrogens with zero attached hydrogens (tertiary/aromatic N) is 3. The Bertz CT molecular complexity index is 1640. The maximum atomic E-state index is 13.9. The summed E-state index contributed by atoms with van der Waals surface area (Å²) in [7, 11) is 0. The minimum absolute atomic E-state index is 0.0913. The van der Waals surface area contributed by atoms with Crippen molar-refractivity contribution < 1.29 is 22.8 Å². The standard InChI is InChI=1S/C29H27F3N6O2S/c1-16-4-6-19(36-27(39)17-5-9-23(38-10-2-3-11-38)21(12-17)29(30,31)32)13-22(16)37-28(40)20-14-41-25-24(20)33-15-34-26(25)35-18-7-8-18/h4-6,9,12-15,18H,2-3,7-8,10-11H2,1H3,(H,36,39)(H,37,40)(H,33,34,35). The van der Waals surface area contributed by atoms with Gasteiger partial charge in [0.2, 0.25) is 0 Å². The van der Waals surface area contributed by atoms with E-state index < -0.39 is 17.6 Å². The minimum atomic E-state index is -4.60. The number of nitrogens with one attached hydrogen (secondary N) is 3. The van der Waals surface area contributed by atoms with Gasteiger partial charge in [-0.1, -0.05) is 6.07 Å². The Balaban J connectivity index is 1.20. The SMILES string of the molecule is Cc1ccc(NC(=O)c2ccc(N3CCCC3)c(C(F)(F)F)c2)cc1NC(=O)c1csc2c(NC3CC3)ncnc12. The van der Waals surface area contributed by atoms with Crippen LogP contribution in [-0.4, -0.2) is 40.9 Å². The number of thiophene rings is 1. The van der Waals surface area contributed by atoms with Crippen molar-refractivity contribution in [3.05, 3.63) is 70.4 Å². The monoisotopic (exact) mass is 580 g/mol. The molecule has 2 aromatic carbocycles. The number of anilines is 4. The van der Waals surface area contributed by atoms with Crippen LogP contribution in [0.4, 0.5) is 36.1 Å². The summed E-state index contributed by atoms with van der Waals surface area (Å²) in [5.41, 5.74) is 1.64. The van der Waals surface area contributed by atoms with E-state index in [0.717, 1.165) is 42.0 Å². The van der Waals surface area contributed by atoms with Crippen LogP contribution in [0.25, 0.3) is 10.2 Å². The molecule has 1 saturated carbocycles. The molecule has 12 heteroatoms. The number of benzene rings is 2. The summed E-state index contributed by atoms with van der Waals surface area (Å²) in [4.78, 5) is 36.6. The number of hydrogen-bond acceptors (Lipinski definition) is 7. The van der Waals surface area contributed by atoms with Gasteiger partial charge >= 0.3 is 6.18 Å². The molecule has 212 valence electrons. The van der Waals surface area contributed by atoms with Gasteiger partial charge in [-0.15, -0.1) is 11.3 Å². The van der Waals surface area contributed by atoms with Crippen molar-refractivity contribution in [1.82, 2.24) is 9.97 Å². The van der Waals surface area contributed by atoms with E-state index in [-0.39, 0.29) is 17.2 Å². The maximum Gasteiger partial charge on any atom is 0.418 e. The highest BCUT2D eigenvalue weighted by Crippen LogP contribution is 2.39. The van der Waals surface area contributed by atoms with Crippen LogP contribution >= 0.6 is 11.3 Å². The summed E-state index contributed by atoms with van der Waals surface area (Å²) < 4.78 is 42.4. The van der Waals surface area contributed by atoms with Crippen LogP contribution < -0.4 is 20.9 Å². The lowest BCUT2D eigenvalue weighted by Crippen LogP contribution is -2.23. The van der Waals surface area contributed by atoms with Gasteiger partial charge in [-0.05, 0) is 68.5 Å². The zero-order valence-electron chi connectivity index (χ0n) is 22.1. The summed E-state index contributed by atoms with van der Waals surface area (Å²) in [6.45, 7) is 2.91. The molecule has 3 N–H and O–H groups in total. The van der Waals surface area contributed by atoms with Gasteiger partial charge < -0.3 is 20.9 Å². The molecule has 2 aliphatic rings. The average Bonchev–Trinajstić information content (AvgIpc) is 3.40. The first-order valence-electron chi connectivity index (χ1n) is 13.4. The number of amides is 2. The van der Waals surface area contributed by atoms with Crippen LogP contribution in [0, 0.1) is 6.92 Å². The molecule has 1 aliphatic heterocycles. The first-order valence-corrected chi connectivity index (χ1v) is 14.2. The number of carbonyl (C=O) groups is 2. The van der Waals surface area contributed by atoms with Crippen molar-refractivity contribution in [1.29, 1.82) is 0 Å². The highest BCUT2D eigenvalue weighted by Gasteiger charge is 2.36. The van der Waals surface area contributed by atoms with Crippen molar-refractivity contribution in [2.45, 2.75) is 44.8 Å². The summed E-state index contributed by atoms with van der Waals surface area (Å²) in [5, 5.41) is 10.6. The van der Waals surface area contributed by atoms with Crippen LogP contribution in [0.5, 0.6) is 0 Å². The molecule has 2 fully saturated rings. The molecule has 8 nitrogen and oxygen atoms in total. The zero-order valence-corrected chi connectivity index (χ0v) is 23.0. The molecular weight excluding hydrogens is 553 g/mol. The van der Waals surface area contributed by atoms with E-state index in [1.54, 1.807) is 35.4 Å². The Labute approximate surface area is 238 Å². The van der Waals surface area contributed by atoms with E-state index in [1.807, 2.05) is 0 Å². The van der Waals surface area contributed by atoms with Crippen LogP contribution in [0.1, 0.15) is 57.5 Å². The highest BCUT2D eigenvalue weighted by atomic mass is 32.1. The molecule has 3 heterocycles. The number of carbonyl (C=O) groups excluding carboxylic acids is 2. The van der Waals surface area contributed by atoms with Gasteiger partial charge in [0, 0.05) is 47.1 Å². The van der Waals surface area contributed by atoms with Crippen LogP contribution in [0.3, 0.4) is 0 Å². The number of rotatable bonds is 7. The minimum Gasteiger partial charge on any atom is -0.371 e. The van der Waals surface area contributed by atoms with E-state index in [9.17, 15) is 22.8 Å². The first kappa shape index (κ1) is 27.0. The number of aromatic nitrogens is 2. The molecule has 41 heavy (non-hydrogen) atoms. The summed E-state index contributed by atoms with van der Waals surface area (Å²) in [6, 6.07) is 9.00. The fraction of sp³-hybridized carbons (Fsp3) is 0.310.